The number of aliphatic hydroxyl groups excluding tert-OH is 2. The van der Waals surface area contributed by atoms with Crippen LogP contribution < -0.4 is 11.1 Å². The first-order chi connectivity index (χ1) is 7.13. The molecule has 0 fully saturated rings. The smallest absolute Gasteiger partial charge is 0.269 e. The number of carbonyl (C=O) groups excluding carboxylic acids is 1. The van der Waals surface area contributed by atoms with Crippen molar-refractivity contribution in [3.63, 3.8) is 0 Å². The van der Waals surface area contributed by atoms with Crippen LogP contribution >= 0.6 is 0 Å². The van der Waals surface area contributed by atoms with Gasteiger partial charge in [0.2, 0.25) is 0 Å². The van der Waals surface area contributed by atoms with Crippen LogP contribution in [0.5, 0.6) is 0 Å². The molecule has 1 rings (SSSR count). The van der Waals surface area contributed by atoms with E-state index < -0.39 is 12.0 Å². The SMILES string of the molecule is NC(=O)c1ccc(NCC(O)CO)nn1. The van der Waals surface area contributed by atoms with E-state index in [0.717, 1.165) is 0 Å². The molecule has 1 heterocycles. The van der Waals surface area contributed by atoms with Crippen LogP contribution in [0.15, 0.2) is 12.1 Å². The molecule has 15 heavy (non-hydrogen) atoms. The fraction of sp³-hybridized carbons (Fsp3) is 0.375. The maximum absolute atomic E-state index is 10.7. The molecule has 0 saturated carbocycles. The van der Waals surface area contributed by atoms with Gasteiger partial charge in [-0.05, 0) is 12.1 Å². The molecular weight excluding hydrogens is 200 g/mol. The van der Waals surface area contributed by atoms with Crippen LogP contribution in [0, 0.1) is 0 Å². The summed E-state index contributed by atoms with van der Waals surface area (Å²) in [5, 5.41) is 27.5. The minimum Gasteiger partial charge on any atom is -0.394 e. The third-order valence-corrected chi connectivity index (χ3v) is 1.65. The van der Waals surface area contributed by atoms with Crippen LogP contribution in [0.3, 0.4) is 0 Å². The summed E-state index contributed by atoms with van der Waals surface area (Å²) in [5.41, 5.74) is 5.05. The number of hydrogen-bond acceptors (Lipinski definition) is 6. The molecule has 1 aromatic rings. The van der Waals surface area contributed by atoms with Crippen molar-refractivity contribution in [2.24, 2.45) is 5.73 Å². The number of hydrogen-bond donors (Lipinski definition) is 4. The molecule has 7 heteroatoms. The minimum atomic E-state index is -0.859. The normalized spacial score (nSPS) is 12.1. The predicted octanol–water partition coefficient (Wildman–Crippen LogP) is -1.66. The number of anilines is 1. The van der Waals surface area contributed by atoms with Crippen molar-refractivity contribution < 1.29 is 15.0 Å². The van der Waals surface area contributed by atoms with Crippen LogP contribution in [0.25, 0.3) is 0 Å². The van der Waals surface area contributed by atoms with E-state index in [1.807, 2.05) is 0 Å². The second-order valence-corrected chi connectivity index (χ2v) is 2.89. The lowest BCUT2D eigenvalue weighted by Crippen LogP contribution is -2.23. The minimum absolute atomic E-state index is 0.0725. The highest BCUT2D eigenvalue weighted by molar-refractivity contribution is 5.90. The number of aromatic nitrogens is 2. The molecule has 1 atom stereocenters. The molecule has 1 unspecified atom stereocenters. The Labute approximate surface area is 85.9 Å². The van der Waals surface area contributed by atoms with Gasteiger partial charge in [0.05, 0.1) is 12.7 Å². The lowest BCUT2D eigenvalue weighted by molar-refractivity contribution is 0.0994. The number of rotatable bonds is 5. The highest BCUT2D eigenvalue weighted by Gasteiger charge is 2.04. The van der Waals surface area contributed by atoms with Gasteiger partial charge in [0.25, 0.3) is 5.91 Å². The predicted molar refractivity (Wildman–Crippen MR) is 52.1 cm³/mol. The quantitative estimate of drug-likeness (QED) is 0.463. The Morgan fingerprint density at radius 3 is 2.73 bits per heavy atom. The second-order valence-electron chi connectivity index (χ2n) is 2.89. The molecule has 82 valence electrons. The standard InChI is InChI=1S/C8H12N4O3/c9-8(15)6-1-2-7(12-11-6)10-3-5(14)4-13/h1-2,5,13-14H,3-4H2,(H2,9,15)(H,10,12). The third kappa shape index (κ3) is 3.49. The van der Waals surface area contributed by atoms with E-state index in [0.29, 0.717) is 5.82 Å². The summed E-state index contributed by atoms with van der Waals surface area (Å²) in [6, 6.07) is 2.93. The van der Waals surface area contributed by atoms with Gasteiger partial charge in [-0.2, -0.15) is 0 Å². The van der Waals surface area contributed by atoms with Crippen molar-refractivity contribution in [3.05, 3.63) is 17.8 Å². The Kier molecular flexibility index (Phi) is 3.95. The van der Waals surface area contributed by atoms with Gasteiger partial charge < -0.3 is 21.3 Å². The summed E-state index contributed by atoms with van der Waals surface area (Å²) < 4.78 is 0. The molecule has 0 aliphatic rings. The van der Waals surface area contributed by atoms with Gasteiger partial charge >= 0.3 is 0 Å². The van der Waals surface area contributed by atoms with Crippen LogP contribution in [0.1, 0.15) is 10.5 Å². The van der Waals surface area contributed by atoms with Gasteiger partial charge in [0.1, 0.15) is 5.82 Å². The lowest BCUT2D eigenvalue weighted by atomic mass is 10.3. The van der Waals surface area contributed by atoms with Crippen LogP contribution in [-0.4, -0.2) is 45.6 Å². The maximum Gasteiger partial charge on any atom is 0.269 e. The number of aliphatic hydroxyl groups is 2. The van der Waals surface area contributed by atoms with E-state index >= 15 is 0 Å². The van der Waals surface area contributed by atoms with Crippen LogP contribution in [0.2, 0.25) is 0 Å². The molecule has 0 bridgehead atoms. The zero-order valence-electron chi connectivity index (χ0n) is 7.92. The Balaban J connectivity index is 2.53. The van der Waals surface area contributed by atoms with Gasteiger partial charge in [0, 0.05) is 6.54 Å². The molecule has 1 aromatic heterocycles. The highest BCUT2D eigenvalue weighted by Crippen LogP contribution is 2.01. The van der Waals surface area contributed by atoms with E-state index in [2.05, 4.69) is 15.5 Å². The Morgan fingerprint density at radius 1 is 1.53 bits per heavy atom. The number of nitrogens with zero attached hydrogens (tertiary/aromatic N) is 2. The van der Waals surface area contributed by atoms with Crippen molar-refractivity contribution in [3.8, 4) is 0 Å². The molecule has 0 aliphatic heterocycles. The number of primary amides is 1. The van der Waals surface area contributed by atoms with Gasteiger partial charge in [0.15, 0.2) is 5.69 Å². The summed E-state index contributed by atoms with van der Waals surface area (Å²) in [7, 11) is 0. The van der Waals surface area contributed by atoms with Crippen molar-refractivity contribution in [1.82, 2.24) is 10.2 Å². The highest BCUT2D eigenvalue weighted by atomic mass is 16.3. The molecule has 1 amide bonds. The first kappa shape index (κ1) is 11.3. The van der Waals surface area contributed by atoms with E-state index in [9.17, 15) is 4.79 Å². The van der Waals surface area contributed by atoms with E-state index in [1.165, 1.54) is 12.1 Å². The molecule has 0 saturated heterocycles. The monoisotopic (exact) mass is 212 g/mol. The molecule has 0 aliphatic carbocycles. The molecule has 0 aromatic carbocycles. The van der Waals surface area contributed by atoms with Gasteiger partial charge in [-0.3, -0.25) is 4.79 Å². The largest absolute Gasteiger partial charge is 0.394 e. The van der Waals surface area contributed by atoms with Crippen molar-refractivity contribution in [1.29, 1.82) is 0 Å². The first-order valence-electron chi connectivity index (χ1n) is 4.30. The topological polar surface area (TPSA) is 121 Å². The van der Waals surface area contributed by atoms with E-state index in [1.54, 1.807) is 0 Å². The maximum atomic E-state index is 10.7. The first-order valence-corrected chi connectivity index (χ1v) is 4.30. The zero-order chi connectivity index (χ0) is 11.3. The fourth-order valence-electron chi connectivity index (χ4n) is 0.845. The summed E-state index contributed by atoms with van der Waals surface area (Å²) in [6.07, 6.45) is -0.859. The van der Waals surface area contributed by atoms with Gasteiger partial charge in [-0.15, -0.1) is 10.2 Å². The molecular formula is C8H12N4O3. The lowest BCUT2D eigenvalue weighted by Gasteiger charge is -2.08. The summed E-state index contributed by atoms with van der Waals surface area (Å²) in [5.74, 6) is -0.253. The summed E-state index contributed by atoms with van der Waals surface area (Å²) in [6.45, 7) is -0.180. The van der Waals surface area contributed by atoms with E-state index in [4.69, 9.17) is 15.9 Å². The zero-order valence-corrected chi connectivity index (χ0v) is 7.92. The van der Waals surface area contributed by atoms with Crippen molar-refractivity contribution in [2.75, 3.05) is 18.5 Å². The van der Waals surface area contributed by atoms with Crippen LogP contribution in [0.4, 0.5) is 5.82 Å². The number of nitrogens with two attached hydrogens (primary N) is 1. The summed E-state index contributed by atoms with van der Waals surface area (Å²) >= 11 is 0. The Hall–Kier alpha value is -1.73. The Morgan fingerprint density at radius 2 is 2.27 bits per heavy atom. The number of nitrogens with one attached hydrogen (secondary N) is 1. The van der Waals surface area contributed by atoms with Crippen LogP contribution in [-0.2, 0) is 0 Å². The van der Waals surface area contributed by atoms with Crippen molar-refractivity contribution in [2.45, 2.75) is 6.10 Å². The average molecular weight is 212 g/mol. The van der Waals surface area contributed by atoms with Crippen molar-refractivity contribution >= 4 is 11.7 Å². The summed E-state index contributed by atoms with van der Waals surface area (Å²) in [4.78, 5) is 10.7. The molecule has 0 radical (unpaired) electrons. The number of amides is 1. The molecule has 7 nitrogen and oxygen atoms in total. The second kappa shape index (κ2) is 5.23. The van der Waals surface area contributed by atoms with Gasteiger partial charge in [-0.25, -0.2) is 0 Å². The third-order valence-electron chi connectivity index (χ3n) is 1.65. The molecule has 0 spiro atoms. The number of carbonyl (C=O) groups is 1. The van der Waals surface area contributed by atoms with E-state index in [-0.39, 0.29) is 18.8 Å². The molecule has 5 N–H and O–H groups in total. The average Bonchev–Trinajstić information content (AvgIpc) is 2.26. The van der Waals surface area contributed by atoms with Gasteiger partial charge in [-0.1, -0.05) is 0 Å². The fourth-order valence-corrected chi connectivity index (χ4v) is 0.845. The Bertz CT molecular complexity index is 327.